The summed E-state index contributed by atoms with van der Waals surface area (Å²) in [7, 11) is -3.61. The first-order valence-electron chi connectivity index (χ1n) is 6.03. The van der Waals surface area contributed by atoms with Gasteiger partial charge in [-0.2, -0.15) is 0 Å². The quantitative estimate of drug-likeness (QED) is 0.560. The second-order valence-corrected chi connectivity index (χ2v) is 6.58. The highest BCUT2D eigenvalue weighted by Crippen LogP contribution is 2.13. The molecular formula is C12H16Cl2N2O3S. The fourth-order valence-corrected chi connectivity index (χ4v) is 2.67. The molecule has 0 saturated carbocycles. The Hall–Kier alpha value is -0.820. The minimum atomic E-state index is -3.61. The third kappa shape index (κ3) is 6.09. The number of sulfonamides is 1. The Labute approximate surface area is 128 Å². The van der Waals surface area contributed by atoms with Crippen LogP contribution < -0.4 is 10.0 Å². The van der Waals surface area contributed by atoms with Gasteiger partial charge in [0.2, 0.25) is 15.9 Å². The van der Waals surface area contributed by atoms with Gasteiger partial charge in [-0.05, 0) is 30.7 Å². The molecule has 0 saturated heterocycles. The second-order valence-electron chi connectivity index (χ2n) is 3.99. The van der Waals surface area contributed by atoms with Gasteiger partial charge in [-0.1, -0.05) is 11.6 Å². The van der Waals surface area contributed by atoms with Gasteiger partial charge in [-0.3, -0.25) is 4.79 Å². The molecule has 0 aliphatic heterocycles. The Balaban J connectivity index is 2.40. The molecule has 0 aromatic heterocycles. The SMILES string of the molecule is O=C(CCNS(=O)(=O)c1ccc(Cl)cc1)NCCCCl. The minimum Gasteiger partial charge on any atom is -0.356 e. The van der Waals surface area contributed by atoms with Crippen molar-refractivity contribution in [2.45, 2.75) is 17.7 Å². The van der Waals surface area contributed by atoms with E-state index < -0.39 is 10.0 Å². The molecule has 0 aliphatic carbocycles. The van der Waals surface area contributed by atoms with Gasteiger partial charge in [0.1, 0.15) is 0 Å². The van der Waals surface area contributed by atoms with Crippen molar-refractivity contribution >= 4 is 39.1 Å². The predicted octanol–water partition coefficient (Wildman–Crippen LogP) is 1.75. The van der Waals surface area contributed by atoms with E-state index in [9.17, 15) is 13.2 Å². The van der Waals surface area contributed by atoms with Crippen LogP contribution in [0.25, 0.3) is 0 Å². The lowest BCUT2D eigenvalue weighted by Crippen LogP contribution is -2.31. The lowest BCUT2D eigenvalue weighted by atomic mass is 10.4. The molecule has 1 aromatic carbocycles. The number of nitrogens with one attached hydrogen (secondary N) is 2. The summed E-state index contributed by atoms with van der Waals surface area (Å²) >= 11 is 11.2. The highest BCUT2D eigenvalue weighted by molar-refractivity contribution is 7.89. The van der Waals surface area contributed by atoms with Crippen molar-refractivity contribution in [1.29, 1.82) is 0 Å². The highest BCUT2D eigenvalue weighted by Gasteiger charge is 2.13. The summed E-state index contributed by atoms with van der Waals surface area (Å²) < 4.78 is 26.1. The van der Waals surface area contributed by atoms with Crippen molar-refractivity contribution < 1.29 is 13.2 Å². The van der Waals surface area contributed by atoms with Crippen molar-refractivity contribution in [3.63, 3.8) is 0 Å². The van der Waals surface area contributed by atoms with Gasteiger partial charge in [0, 0.05) is 30.4 Å². The maximum absolute atomic E-state index is 11.9. The van der Waals surface area contributed by atoms with Gasteiger partial charge in [-0.15, -0.1) is 11.6 Å². The van der Waals surface area contributed by atoms with Gasteiger partial charge < -0.3 is 5.32 Å². The zero-order valence-corrected chi connectivity index (χ0v) is 13.1. The van der Waals surface area contributed by atoms with Crippen LogP contribution in [-0.2, 0) is 14.8 Å². The summed E-state index contributed by atoms with van der Waals surface area (Å²) in [4.78, 5) is 11.5. The number of rotatable bonds is 8. The minimum absolute atomic E-state index is 0.0394. The molecule has 5 nitrogen and oxygen atoms in total. The van der Waals surface area contributed by atoms with Crippen molar-refractivity contribution in [1.82, 2.24) is 10.0 Å². The van der Waals surface area contributed by atoms with Gasteiger partial charge in [-0.25, -0.2) is 13.1 Å². The molecule has 20 heavy (non-hydrogen) atoms. The van der Waals surface area contributed by atoms with Crippen LogP contribution in [0.3, 0.4) is 0 Å². The van der Waals surface area contributed by atoms with E-state index in [2.05, 4.69) is 10.0 Å². The Morgan fingerprint density at radius 3 is 2.40 bits per heavy atom. The van der Waals surface area contributed by atoms with E-state index in [1.807, 2.05) is 0 Å². The lowest BCUT2D eigenvalue weighted by Gasteiger charge is -2.07. The fraction of sp³-hybridized carbons (Fsp3) is 0.417. The molecule has 1 aromatic rings. The standard InChI is InChI=1S/C12H16Cl2N2O3S/c13-7-1-8-15-12(17)6-9-16-20(18,19)11-4-2-10(14)3-5-11/h2-5,16H,1,6-9H2,(H,15,17). The van der Waals surface area contributed by atoms with E-state index in [4.69, 9.17) is 23.2 Å². The Morgan fingerprint density at radius 2 is 1.80 bits per heavy atom. The molecule has 0 heterocycles. The van der Waals surface area contributed by atoms with Crippen LogP contribution in [0.5, 0.6) is 0 Å². The number of benzene rings is 1. The summed E-state index contributed by atoms with van der Waals surface area (Å²) in [5, 5.41) is 3.10. The van der Waals surface area contributed by atoms with Crippen LogP contribution in [0.2, 0.25) is 5.02 Å². The number of carbonyl (C=O) groups is 1. The van der Waals surface area contributed by atoms with Gasteiger partial charge in [0.25, 0.3) is 0 Å². The number of halogens is 2. The van der Waals surface area contributed by atoms with Crippen molar-refractivity contribution in [3.8, 4) is 0 Å². The van der Waals surface area contributed by atoms with Crippen LogP contribution in [-0.4, -0.2) is 33.3 Å². The molecule has 0 radical (unpaired) electrons. The largest absolute Gasteiger partial charge is 0.356 e. The zero-order valence-electron chi connectivity index (χ0n) is 10.7. The van der Waals surface area contributed by atoms with E-state index in [1.165, 1.54) is 24.3 Å². The van der Waals surface area contributed by atoms with Crippen LogP contribution in [0.15, 0.2) is 29.2 Å². The van der Waals surface area contributed by atoms with Crippen LogP contribution >= 0.6 is 23.2 Å². The topological polar surface area (TPSA) is 75.3 Å². The monoisotopic (exact) mass is 338 g/mol. The molecule has 1 amide bonds. The third-order valence-electron chi connectivity index (χ3n) is 2.40. The molecule has 0 atom stereocenters. The summed E-state index contributed by atoms with van der Waals surface area (Å²) in [6, 6.07) is 5.81. The van der Waals surface area contributed by atoms with E-state index in [-0.39, 0.29) is 23.8 Å². The molecule has 0 aliphatic rings. The third-order valence-corrected chi connectivity index (χ3v) is 4.40. The van der Waals surface area contributed by atoms with E-state index >= 15 is 0 Å². The number of hydrogen-bond donors (Lipinski definition) is 2. The maximum atomic E-state index is 11.9. The Bertz CT molecular complexity index is 532. The van der Waals surface area contributed by atoms with Gasteiger partial charge in [0.15, 0.2) is 0 Å². The van der Waals surface area contributed by atoms with E-state index in [1.54, 1.807) is 0 Å². The number of hydrogen-bond acceptors (Lipinski definition) is 3. The summed E-state index contributed by atoms with van der Waals surface area (Å²) in [5.74, 6) is 0.262. The Kier molecular flexibility index (Phi) is 7.29. The van der Waals surface area contributed by atoms with E-state index in [0.29, 0.717) is 23.9 Å². The molecular weight excluding hydrogens is 323 g/mol. The normalized spacial score (nSPS) is 11.3. The van der Waals surface area contributed by atoms with Gasteiger partial charge in [0.05, 0.1) is 4.90 Å². The van der Waals surface area contributed by atoms with Crippen molar-refractivity contribution in [3.05, 3.63) is 29.3 Å². The molecule has 112 valence electrons. The summed E-state index contributed by atoms with van der Waals surface area (Å²) in [6.45, 7) is 0.532. The molecule has 1 rings (SSSR count). The number of carbonyl (C=O) groups excluding carboxylic acids is 1. The fourth-order valence-electron chi connectivity index (χ4n) is 1.38. The zero-order chi connectivity index (χ0) is 15.0. The first-order valence-corrected chi connectivity index (χ1v) is 8.43. The average Bonchev–Trinajstić information content (AvgIpc) is 2.39. The molecule has 0 fully saturated rings. The average molecular weight is 339 g/mol. The maximum Gasteiger partial charge on any atom is 0.240 e. The first-order chi connectivity index (χ1) is 9.45. The van der Waals surface area contributed by atoms with Crippen molar-refractivity contribution in [2.24, 2.45) is 0 Å². The number of amides is 1. The second kappa shape index (κ2) is 8.46. The predicted molar refractivity (Wildman–Crippen MR) is 79.6 cm³/mol. The molecule has 0 spiro atoms. The van der Waals surface area contributed by atoms with E-state index in [0.717, 1.165) is 0 Å². The highest BCUT2D eigenvalue weighted by atomic mass is 35.5. The molecule has 8 heteroatoms. The van der Waals surface area contributed by atoms with Gasteiger partial charge >= 0.3 is 0 Å². The lowest BCUT2D eigenvalue weighted by molar-refractivity contribution is -0.120. The molecule has 2 N–H and O–H groups in total. The first kappa shape index (κ1) is 17.2. The van der Waals surface area contributed by atoms with Crippen LogP contribution in [0, 0.1) is 0 Å². The molecule has 0 unspecified atom stereocenters. The Morgan fingerprint density at radius 1 is 1.15 bits per heavy atom. The number of alkyl halides is 1. The summed E-state index contributed by atoms with van der Waals surface area (Å²) in [5.41, 5.74) is 0. The smallest absolute Gasteiger partial charge is 0.240 e. The van der Waals surface area contributed by atoms with Crippen molar-refractivity contribution in [2.75, 3.05) is 19.0 Å². The van der Waals surface area contributed by atoms with Crippen LogP contribution in [0.1, 0.15) is 12.8 Å². The molecule has 0 bridgehead atoms. The van der Waals surface area contributed by atoms with Crippen LogP contribution in [0.4, 0.5) is 0 Å². The summed E-state index contributed by atoms with van der Waals surface area (Å²) in [6.07, 6.45) is 0.763.